The number of aryl methyl sites for hydroxylation is 2. The highest BCUT2D eigenvalue weighted by molar-refractivity contribution is 4.94. The molecular weight excluding hydrogens is 182 g/mol. The zero-order valence-electron chi connectivity index (χ0n) is 8.08. The fourth-order valence-electron chi connectivity index (χ4n) is 1.27. The average molecular weight is 193 g/mol. The zero-order valence-corrected chi connectivity index (χ0v) is 8.08. The summed E-state index contributed by atoms with van der Waals surface area (Å²) in [6.45, 7) is 0.466. The van der Waals surface area contributed by atoms with Gasteiger partial charge in [-0.25, -0.2) is 4.79 Å². The standard InChI is InChI=1S/C8H11N5O/c1-11-3-4-13(8(11)14)6-7-5-12(2)10-9-7/h3-5H,6H2,1-2H3. The number of rotatable bonds is 2. The maximum atomic E-state index is 11.5. The first kappa shape index (κ1) is 8.74. The van der Waals surface area contributed by atoms with Crippen LogP contribution in [0.15, 0.2) is 23.4 Å². The van der Waals surface area contributed by atoms with Gasteiger partial charge in [0.15, 0.2) is 0 Å². The highest BCUT2D eigenvalue weighted by Gasteiger charge is 2.03. The molecule has 0 aliphatic rings. The van der Waals surface area contributed by atoms with Crippen LogP contribution in [0.25, 0.3) is 0 Å². The van der Waals surface area contributed by atoms with Crippen molar-refractivity contribution in [2.45, 2.75) is 6.54 Å². The molecule has 74 valence electrons. The van der Waals surface area contributed by atoms with E-state index in [1.165, 1.54) is 4.57 Å². The van der Waals surface area contributed by atoms with E-state index in [4.69, 9.17) is 0 Å². The molecule has 2 heterocycles. The molecule has 14 heavy (non-hydrogen) atoms. The van der Waals surface area contributed by atoms with Gasteiger partial charge in [-0.2, -0.15) is 0 Å². The summed E-state index contributed by atoms with van der Waals surface area (Å²) in [6.07, 6.45) is 5.25. The van der Waals surface area contributed by atoms with E-state index < -0.39 is 0 Å². The van der Waals surface area contributed by atoms with Gasteiger partial charge in [-0.1, -0.05) is 5.21 Å². The number of hydrogen-bond acceptors (Lipinski definition) is 3. The molecule has 0 amide bonds. The van der Waals surface area contributed by atoms with Gasteiger partial charge in [-0.3, -0.25) is 9.25 Å². The summed E-state index contributed by atoms with van der Waals surface area (Å²) in [5, 5.41) is 7.70. The van der Waals surface area contributed by atoms with Crippen LogP contribution < -0.4 is 5.69 Å². The summed E-state index contributed by atoms with van der Waals surface area (Å²) in [5.41, 5.74) is 0.733. The van der Waals surface area contributed by atoms with Crippen molar-refractivity contribution in [1.82, 2.24) is 24.1 Å². The molecule has 0 aliphatic carbocycles. The normalized spacial score (nSPS) is 10.7. The Morgan fingerprint density at radius 1 is 1.36 bits per heavy atom. The van der Waals surface area contributed by atoms with Crippen molar-refractivity contribution in [1.29, 1.82) is 0 Å². The Morgan fingerprint density at radius 3 is 2.64 bits per heavy atom. The van der Waals surface area contributed by atoms with Crippen LogP contribution in [0.3, 0.4) is 0 Å². The first-order chi connectivity index (χ1) is 6.66. The van der Waals surface area contributed by atoms with Crippen molar-refractivity contribution >= 4 is 0 Å². The minimum Gasteiger partial charge on any atom is -0.302 e. The van der Waals surface area contributed by atoms with E-state index in [2.05, 4.69) is 10.3 Å². The van der Waals surface area contributed by atoms with Gasteiger partial charge in [-0.05, 0) is 0 Å². The lowest BCUT2D eigenvalue weighted by Crippen LogP contribution is -2.22. The van der Waals surface area contributed by atoms with Crippen LogP contribution in [0, 0.1) is 0 Å². The lowest BCUT2D eigenvalue weighted by Gasteiger charge is -1.95. The third-order valence-corrected chi connectivity index (χ3v) is 2.00. The summed E-state index contributed by atoms with van der Waals surface area (Å²) in [6, 6.07) is 0. The second kappa shape index (κ2) is 3.13. The third-order valence-electron chi connectivity index (χ3n) is 2.00. The largest absolute Gasteiger partial charge is 0.328 e. The molecule has 2 rings (SSSR count). The maximum Gasteiger partial charge on any atom is 0.328 e. The molecule has 0 N–H and O–H groups in total. The smallest absolute Gasteiger partial charge is 0.302 e. The van der Waals surface area contributed by atoms with E-state index in [9.17, 15) is 4.79 Å². The van der Waals surface area contributed by atoms with Crippen LogP contribution in [0.2, 0.25) is 0 Å². The number of imidazole rings is 1. The Morgan fingerprint density at radius 2 is 2.14 bits per heavy atom. The predicted octanol–water partition coefficient (Wildman–Crippen LogP) is -0.636. The van der Waals surface area contributed by atoms with Crippen molar-refractivity contribution in [2.75, 3.05) is 0 Å². The first-order valence-electron chi connectivity index (χ1n) is 4.24. The van der Waals surface area contributed by atoms with Gasteiger partial charge in [0.1, 0.15) is 5.69 Å². The molecule has 6 heteroatoms. The number of hydrogen-bond donors (Lipinski definition) is 0. The van der Waals surface area contributed by atoms with Crippen LogP contribution >= 0.6 is 0 Å². The monoisotopic (exact) mass is 193 g/mol. The second-order valence-electron chi connectivity index (χ2n) is 3.20. The van der Waals surface area contributed by atoms with Crippen LogP contribution in [0.1, 0.15) is 5.69 Å². The Hall–Kier alpha value is -1.85. The summed E-state index contributed by atoms with van der Waals surface area (Å²) in [7, 11) is 3.51. The number of nitrogens with zero attached hydrogens (tertiary/aromatic N) is 5. The quantitative estimate of drug-likeness (QED) is 0.637. The van der Waals surface area contributed by atoms with E-state index in [0.29, 0.717) is 6.54 Å². The summed E-state index contributed by atoms with van der Waals surface area (Å²) in [5.74, 6) is 0. The minimum absolute atomic E-state index is 0.0457. The zero-order chi connectivity index (χ0) is 10.1. The van der Waals surface area contributed by atoms with Gasteiger partial charge >= 0.3 is 5.69 Å². The molecule has 0 spiro atoms. The van der Waals surface area contributed by atoms with Crippen molar-refractivity contribution in [2.24, 2.45) is 14.1 Å². The fourth-order valence-corrected chi connectivity index (χ4v) is 1.27. The van der Waals surface area contributed by atoms with Crippen molar-refractivity contribution in [3.05, 3.63) is 34.8 Å². The Labute approximate surface area is 80.4 Å². The summed E-state index contributed by atoms with van der Waals surface area (Å²) < 4.78 is 4.73. The van der Waals surface area contributed by atoms with Gasteiger partial charge in [0, 0.05) is 32.7 Å². The molecule has 0 fully saturated rings. The maximum absolute atomic E-state index is 11.5. The fraction of sp³-hybridized carbons (Fsp3) is 0.375. The van der Waals surface area contributed by atoms with Gasteiger partial charge < -0.3 is 4.57 Å². The first-order valence-corrected chi connectivity index (χ1v) is 4.24. The third kappa shape index (κ3) is 1.46. The molecule has 0 saturated carbocycles. The molecule has 0 bridgehead atoms. The molecule has 0 aliphatic heterocycles. The van der Waals surface area contributed by atoms with Crippen molar-refractivity contribution < 1.29 is 0 Å². The summed E-state index contributed by atoms with van der Waals surface area (Å²) >= 11 is 0. The van der Waals surface area contributed by atoms with Gasteiger partial charge in [0.2, 0.25) is 0 Å². The van der Waals surface area contributed by atoms with Crippen LogP contribution in [-0.4, -0.2) is 24.1 Å². The molecule has 2 aromatic heterocycles. The van der Waals surface area contributed by atoms with Crippen molar-refractivity contribution in [3.63, 3.8) is 0 Å². The van der Waals surface area contributed by atoms with Crippen LogP contribution in [0.5, 0.6) is 0 Å². The van der Waals surface area contributed by atoms with Crippen LogP contribution in [-0.2, 0) is 20.6 Å². The van der Waals surface area contributed by atoms with Crippen molar-refractivity contribution in [3.8, 4) is 0 Å². The van der Waals surface area contributed by atoms with Gasteiger partial charge in [0.25, 0.3) is 0 Å². The van der Waals surface area contributed by atoms with Crippen LogP contribution in [0.4, 0.5) is 0 Å². The minimum atomic E-state index is -0.0457. The lowest BCUT2D eigenvalue weighted by atomic mass is 10.5. The Kier molecular flexibility index (Phi) is 1.95. The molecule has 0 saturated heterocycles. The number of aromatic nitrogens is 5. The highest BCUT2D eigenvalue weighted by atomic mass is 16.1. The highest BCUT2D eigenvalue weighted by Crippen LogP contribution is 1.94. The molecule has 0 atom stereocenters. The molecule has 0 radical (unpaired) electrons. The van der Waals surface area contributed by atoms with Gasteiger partial charge in [0.05, 0.1) is 6.54 Å². The lowest BCUT2D eigenvalue weighted by molar-refractivity contribution is 0.693. The van der Waals surface area contributed by atoms with E-state index in [-0.39, 0.29) is 5.69 Å². The average Bonchev–Trinajstić information content (AvgIpc) is 2.67. The molecular formula is C8H11N5O. The van der Waals surface area contributed by atoms with E-state index in [0.717, 1.165) is 5.69 Å². The van der Waals surface area contributed by atoms with E-state index in [1.54, 1.807) is 41.9 Å². The molecule has 6 nitrogen and oxygen atoms in total. The molecule has 0 unspecified atom stereocenters. The Balaban J connectivity index is 2.27. The molecule has 2 aromatic rings. The van der Waals surface area contributed by atoms with Gasteiger partial charge in [-0.15, -0.1) is 5.10 Å². The Bertz CT molecular complexity index is 492. The van der Waals surface area contributed by atoms with E-state index in [1.807, 2.05) is 0 Å². The molecule has 0 aromatic carbocycles. The summed E-state index contributed by atoms with van der Waals surface area (Å²) in [4.78, 5) is 11.5. The second-order valence-corrected chi connectivity index (χ2v) is 3.20. The SMILES string of the molecule is Cn1cc(Cn2ccn(C)c2=O)nn1. The topological polar surface area (TPSA) is 57.6 Å². The predicted molar refractivity (Wildman–Crippen MR) is 49.8 cm³/mol. The van der Waals surface area contributed by atoms with E-state index >= 15 is 0 Å².